The highest BCUT2D eigenvalue weighted by Gasteiger charge is 2.23. The molecule has 0 amide bonds. The number of hydrogen-bond donors (Lipinski definition) is 1. The zero-order valence-electron chi connectivity index (χ0n) is 11.9. The van der Waals surface area contributed by atoms with E-state index in [-0.39, 0.29) is 0 Å². The van der Waals surface area contributed by atoms with Crippen LogP contribution in [0.5, 0.6) is 0 Å². The summed E-state index contributed by atoms with van der Waals surface area (Å²) in [6, 6.07) is 7.28. The smallest absolute Gasteiger partial charge is 0.0643 e. The van der Waals surface area contributed by atoms with Gasteiger partial charge in [-0.05, 0) is 18.6 Å². The molecule has 1 aliphatic heterocycles. The van der Waals surface area contributed by atoms with Gasteiger partial charge in [-0.15, -0.1) is 0 Å². The van der Waals surface area contributed by atoms with E-state index < -0.39 is 0 Å². The summed E-state index contributed by atoms with van der Waals surface area (Å²) < 4.78 is 0. The van der Waals surface area contributed by atoms with Crippen LogP contribution in [-0.4, -0.2) is 30.1 Å². The molecule has 0 aliphatic carbocycles. The first-order valence-electron chi connectivity index (χ1n) is 6.94. The van der Waals surface area contributed by atoms with Crippen molar-refractivity contribution in [3.63, 3.8) is 0 Å². The molecular weight excluding hydrogens is 276 g/mol. The predicted octanol–water partition coefficient (Wildman–Crippen LogP) is 3.78. The summed E-state index contributed by atoms with van der Waals surface area (Å²) in [6.07, 6.45) is 0. The van der Waals surface area contributed by atoms with E-state index in [2.05, 4.69) is 37.1 Å². The van der Waals surface area contributed by atoms with E-state index in [0.717, 1.165) is 18.1 Å². The van der Waals surface area contributed by atoms with Crippen molar-refractivity contribution in [1.82, 2.24) is 5.32 Å². The highest BCUT2D eigenvalue weighted by molar-refractivity contribution is 7.99. The van der Waals surface area contributed by atoms with E-state index in [1.807, 2.05) is 23.9 Å². The standard InChI is InChI=1S/C15H23ClN2S/c1-11(2)17-9-13-5-4-6-14(16)15(13)18-7-8-19-10-12(18)3/h4-6,11-12,17H,7-10H2,1-3H3. The number of halogens is 1. The van der Waals surface area contributed by atoms with Gasteiger partial charge in [0, 0.05) is 36.7 Å². The van der Waals surface area contributed by atoms with Crippen molar-refractivity contribution in [2.75, 3.05) is 23.0 Å². The molecule has 1 fully saturated rings. The molecule has 0 aromatic heterocycles. The van der Waals surface area contributed by atoms with E-state index in [0.29, 0.717) is 12.1 Å². The van der Waals surface area contributed by atoms with E-state index in [1.54, 1.807) is 0 Å². The molecule has 1 saturated heterocycles. The van der Waals surface area contributed by atoms with Gasteiger partial charge in [0.15, 0.2) is 0 Å². The number of nitrogens with one attached hydrogen (secondary N) is 1. The number of rotatable bonds is 4. The Morgan fingerprint density at radius 2 is 2.26 bits per heavy atom. The maximum atomic E-state index is 6.47. The zero-order chi connectivity index (χ0) is 13.8. The Morgan fingerprint density at radius 1 is 1.47 bits per heavy atom. The molecule has 1 aromatic rings. The van der Waals surface area contributed by atoms with Gasteiger partial charge in [0.25, 0.3) is 0 Å². The number of hydrogen-bond acceptors (Lipinski definition) is 3. The molecule has 19 heavy (non-hydrogen) atoms. The highest BCUT2D eigenvalue weighted by atomic mass is 35.5. The van der Waals surface area contributed by atoms with Crippen LogP contribution in [0.2, 0.25) is 5.02 Å². The van der Waals surface area contributed by atoms with Gasteiger partial charge in [-0.25, -0.2) is 0 Å². The third kappa shape index (κ3) is 3.80. The molecule has 0 spiro atoms. The minimum atomic E-state index is 0.487. The molecule has 2 nitrogen and oxygen atoms in total. The maximum Gasteiger partial charge on any atom is 0.0643 e. The van der Waals surface area contributed by atoms with Crippen LogP contribution in [-0.2, 0) is 6.54 Å². The number of benzene rings is 1. The summed E-state index contributed by atoms with van der Waals surface area (Å²) in [7, 11) is 0. The predicted molar refractivity (Wildman–Crippen MR) is 87.6 cm³/mol. The van der Waals surface area contributed by atoms with Crippen LogP contribution < -0.4 is 10.2 Å². The van der Waals surface area contributed by atoms with Crippen LogP contribution >= 0.6 is 23.4 Å². The van der Waals surface area contributed by atoms with Gasteiger partial charge in [-0.2, -0.15) is 11.8 Å². The Labute approximate surface area is 125 Å². The Kier molecular flexibility index (Phi) is 5.43. The lowest BCUT2D eigenvalue weighted by Gasteiger charge is -2.37. The minimum absolute atomic E-state index is 0.487. The SMILES string of the molecule is CC(C)NCc1cccc(Cl)c1N1CCSCC1C. The van der Waals surface area contributed by atoms with E-state index >= 15 is 0 Å². The summed E-state index contributed by atoms with van der Waals surface area (Å²) in [5, 5.41) is 4.37. The monoisotopic (exact) mass is 298 g/mol. The lowest BCUT2D eigenvalue weighted by atomic mass is 10.1. The first kappa shape index (κ1) is 15.0. The van der Waals surface area contributed by atoms with E-state index in [9.17, 15) is 0 Å². The normalized spacial score (nSPS) is 20.1. The van der Waals surface area contributed by atoms with Crippen molar-refractivity contribution < 1.29 is 0 Å². The van der Waals surface area contributed by atoms with Gasteiger partial charge in [-0.1, -0.05) is 37.6 Å². The Bertz CT molecular complexity index is 423. The molecule has 1 aromatic carbocycles. The maximum absolute atomic E-state index is 6.47. The van der Waals surface area contributed by atoms with Gasteiger partial charge in [0.1, 0.15) is 0 Å². The molecule has 1 N–H and O–H groups in total. The molecule has 1 unspecified atom stereocenters. The van der Waals surface area contributed by atoms with Crippen molar-refractivity contribution in [2.24, 2.45) is 0 Å². The Balaban J connectivity index is 2.26. The molecule has 0 bridgehead atoms. The molecule has 1 aliphatic rings. The molecule has 0 saturated carbocycles. The van der Waals surface area contributed by atoms with Crippen LogP contribution in [0.1, 0.15) is 26.3 Å². The third-order valence-electron chi connectivity index (χ3n) is 3.43. The minimum Gasteiger partial charge on any atom is -0.366 e. The van der Waals surface area contributed by atoms with Gasteiger partial charge < -0.3 is 10.2 Å². The van der Waals surface area contributed by atoms with Gasteiger partial charge >= 0.3 is 0 Å². The number of para-hydroxylation sites is 1. The molecule has 106 valence electrons. The lowest BCUT2D eigenvalue weighted by Crippen LogP contribution is -2.41. The van der Waals surface area contributed by atoms with Crippen molar-refractivity contribution in [3.8, 4) is 0 Å². The van der Waals surface area contributed by atoms with Gasteiger partial charge in [0.2, 0.25) is 0 Å². The first-order valence-corrected chi connectivity index (χ1v) is 8.48. The van der Waals surface area contributed by atoms with Crippen molar-refractivity contribution in [2.45, 2.75) is 39.4 Å². The van der Waals surface area contributed by atoms with Gasteiger partial charge in [0.05, 0.1) is 10.7 Å². The first-order chi connectivity index (χ1) is 9.09. The van der Waals surface area contributed by atoms with Gasteiger partial charge in [-0.3, -0.25) is 0 Å². The second-order valence-electron chi connectivity index (χ2n) is 5.40. The molecule has 0 radical (unpaired) electrons. The summed E-state index contributed by atoms with van der Waals surface area (Å²) in [4.78, 5) is 2.47. The lowest BCUT2D eigenvalue weighted by molar-refractivity contribution is 0.586. The molecule has 4 heteroatoms. The second-order valence-corrected chi connectivity index (χ2v) is 6.96. The van der Waals surface area contributed by atoms with Crippen molar-refractivity contribution >= 4 is 29.1 Å². The fourth-order valence-electron chi connectivity index (χ4n) is 2.40. The largest absolute Gasteiger partial charge is 0.366 e. The summed E-state index contributed by atoms with van der Waals surface area (Å²) >= 11 is 8.50. The highest BCUT2D eigenvalue weighted by Crippen LogP contribution is 2.33. The molecule has 1 heterocycles. The Morgan fingerprint density at radius 3 is 2.95 bits per heavy atom. The molecular formula is C15H23ClN2S. The van der Waals surface area contributed by atoms with Crippen LogP contribution in [0.4, 0.5) is 5.69 Å². The molecule has 1 atom stereocenters. The molecule has 2 rings (SSSR count). The van der Waals surface area contributed by atoms with E-state index in [1.165, 1.54) is 22.8 Å². The summed E-state index contributed by atoms with van der Waals surface area (Å²) in [5.41, 5.74) is 2.53. The number of thioether (sulfide) groups is 1. The fraction of sp³-hybridized carbons (Fsp3) is 0.600. The van der Waals surface area contributed by atoms with E-state index in [4.69, 9.17) is 11.6 Å². The van der Waals surface area contributed by atoms with Crippen LogP contribution in [0.25, 0.3) is 0 Å². The quantitative estimate of drug-likeness (QED) is 0.911. The van der Waals surface area contributed by atoms with Crippen molar-refractivity contribution in [3.05, 3.63) is 28.8 Å². The van der Waals surface area contributed by atoms with Crippen molar-refractivity contribution in [1.29, 1.82) is 0 Å². The number of anilines is 1. The summed E-state index contributed by atoms with van der Waals surface area (Å²) in [5.74, 6) is 2.37. The topological polar surface area (TPSA) is 15.3 Å². The zero-order valence-corrected chi connectivity index (χ0v) is 13.5. The average molecular weight is 299 g/mol. The van der Waals surface area contributed by atoms with Crippen LogP contribution in [0.15, 0.2) is 18.2 Å². The second kappa shape index (κ2) is 6.87. The fourth-order valence-corrected chi connectivity index (χ4v) is 3.71. The third-order valence-corrected chi connectivity index (χ3v) is 4.92. The van der Waals surface area contributed by atoms with Crippen LogP contribution in [0, 0.1) is 0 Å². The Hall–Kier alpha value is -0.380. The summed E-state index contributed by atoms with van der Waals surface area (Å²) in [6.45, 7) is 8.60. The number of nitrogens with zero attached hydrogens (tertiary/aromatic N) is 1. The van der Waals surface area contributed by atoms with Crippen LogP contribution in [0.3, 0.4) is 0 Å². The average Bonchev–Trinajstić information content (AvgIpc) is 2.37.